The first kappa shape index (κ1) is 23.2. The lowest BCUT2D eigenvalue weighted by Gasteiger charge is -2.26. The van der Waals surface area contributed by atoms with Gasteiger partial charge in [0.2, 0.25) is 0 Å². The van der Waals surface area contributed by atoms with E-state index in [2.05, 4.69) is 4.98 Å². The van der Waals surface area contributed by atoms with Gasteiger partial charge in [0.1, 0.15) is 11.5 Å². The van der Waals surface area contributed by atoms with E-state index in [0.29, 0.717) is 22.6 Å². The highest BCUT2D eigenvalue weighted by atomic mass is 16.5. The summed E-state index contributed by atoms with van der Waals surface area (Å²) in [6.07, 6.45) is 3.25. The molecule has 0 radical (unpaired) electrons. The number of carbonyl (C=O) groups is 2. The molecule has 1 N–H and O–H groups in total. The van der Waals surface area contributed by atoms with Crippen molar-refractivity contribution >= 4 is 23.1 Å². The number of benzene rings is 2. The van der Waals surface area contributed by atoms with Crippen LogP contribution in [0.15, 0.2) is 66.5 Å². The topological polar surface area (TPSA) is 79.7 Å². The molecular formula is C28H28N2O4. The third-order valence-electron chi connectivity index (χ3n) is 6.05. The van der Waals surface area contributed by atoms with E-state index >= 15 is 0 Å². The second-order valence-electron chi connectivity index (χ2n) is 8.91. The third-order valence-corrected chi connectivity index (χ3v) is 6.05. The number of aliphatic hydroxyl groups excluding tert-OH is 1. The van der Waals surface area contributed by atoms with Crippen LogP contribution in [0.3, 0.4) is 0 Å². The Hall–Kier alpha value is -3.93. The van der Waals surface area contributed by atoms with Crippen LogP contribution >= 0.6 is 0 Å². The van der Waals surface area contributed by atoms with Crippen LogP contribution in [0.5, 0.6) is 5.75 Å². The number of ether oxygens (including phenoxy) is 1. The number of anilines is 1. The molecule has 1 amide bonds. The first-order chi connectivity index (χ1) is 16.2. The van der Waals surface area contributed by atoms with E-state index < -0.39 is 17.7 Å². The van der Waals surface area contributed by atoms with Crippen LogP contribution in [0.4, 0.5) is 5.69 Å². The number of amides is 1. The Morgan fingerprint density at radius 3 is 2.35 bits per heavy atom. The third kappa shape index (κ3) is 4.07. The number of nitrogens with zero attached hydrogens (tertiary/aromatic N) is 2. The molecule has 3 aromatic rings. The molecule has 6 heteroatoms. The Kier molecular flexibility index (Phi) is 6.24. The highest BCUT2D eigenvalue weighted by molar-refractivity contribution is 6.51. The molecule has 1 aliphatic heterocycles. The summed E-state index contributed by atoms with van der Waals surface area (Å²) < 4.78 is 5.46. The zero-order valence-electron chi connectivity index (χ0n) is 20.0. The van der Waals surface area contributed by atoms with Crippen molar-refractivity contribution in [3.8, 4) is 5.75 Å². The second-order valence-corrected chi connectivity index (χ2v) is 8.91. The normalized spacial score (nSPS) is 17.5. The van der Waals surface area contributed by atoms with Crippen molar-refractivity contribution in [1.82, 2.24) is 4.98 Å². The maximum Gasteiger partial charge on any atom is 0.300 e. The SMILES string of the molecule is COc1ccc(/C(O)=C2/C(=O)C(=O)N(c3cc(C)cc(C)c3)C2c2cccnc2)cc1C(C)C. The van der Waals surface area contributed by atoms with Crippen molar-refractivity contribution in [2.75, 3.05) is 12.0 Å². The van der Waals surface area contributed by atoms with Crippen LogP contribution in [-0.2, 0) is 9.59 Å². The predicted molar refractivity (Wildman–Crippen MR) is 132 cm³/mol. The zero-order valence-corrected chi connectivity index (χ0v) is 20.0. The van der Waals surface area contributed by atoms with Crippen LogP contribution in [-0.4, -0.2) is 28.9 Å². The van der Waals surface area contributed by atoms with Gasteiger partial charge in [-0.15, -0.1) is 0 Å². The minimum absolute atomic E-state index is 0.0389. The fourth-order valence-electron chi connectivity index (χ4n) is 4.53. The highest BCUT2D eigenvalue weighted by Gasteiger charge is 2.47. The number of hydrogen-bond acceptors (Lipinski definition) is 5. The maximum atomic E-state index is 13.3. The number of carbonyl (C=O) groups excluding carboxylic acids is 2. The molecule has 0 spiro atoms. The van der Waals surface area contributed by atoms with E-state index in [1.54, 1.807) is 43.8 Å². The van der Waals surface area contributed by atoms with E-state index in [9.17, 15) is 14.7 Å². The average molecular weight is 457 g/mol. The Morgan fingerprint density at radius 2 is 1.76 bits per heavy atom. The molecule has 2 aromatic carbocycles. The molecule has 0 aliphatic carbocycles. The zero-order chi connectivity index (χ0) is 24.6. The van der Waals surface area contributed by atoms with Crippen LogP contribution in [0.2, 0.25) is 0 Å². The van der Waals surface area contributed by atoms with Crippen molar-refractivity contribution in [2.24, 2.45) is 0 Å². The molecule has 1 unspecified atom stereocenters. The monoisotopic (exact) mass is 456 g/mol. The van der Waals surface area contributed by atoms with Crippen molar-refractivity contribution in [1.29, 1.82) is 0 Å². The second kappa shape index (κ2) is 9.14. The number of methoxy groups -OCH3 is 1. The molecule has 1 atom stereocenters. The van der Waals surface area contributed by atoms with Crippen molar-refractivity contribution in [3.63, 3.8) is 0 Å². The number of aryl methyl sites for hydroxylation is 2. The first-order valence-corrected chi connectivity index (χ1v) is 11.2. The molecule has 1 fully saturated rings. The van der Waals surface area contributed by atoms with Crippen LogP contribution in [0.25, 0.3) is 5.76 Å². The van der Waals surface area contributed by atoms with E-state index in [1.807, 2.05) is 52.0 Å². The van der Waals surface area contributed by atoms with Gasteiger partial charge in [-0.2, -0.15) is 0 Å². The fourth-order valence-corrected chi connectivity index (χ4v) is 4.53. The summed E-state index contributed by atoms with van der Waals surface area (Å²) in [5, 5.41) is 11.4. The summed E-state index contributed by atoms with van der Waals surface area (Å²) >= 11 is 0. The number of rotatable bonds is 5. The van der Waals surface area contributed by atoms with Crippen LogP contribution in [0.1, 0.15) is 53.6 Å². The molecule has 2 heterocycles. The summed E-state index contributed by atoms with van der Waals surface area (Å²) in [6, 6.07) is 13.8. The summed E-state index contributed by atoms with van der Waals surface area (Å²) in [5.74, 6) is -0.797. The Labute approximate surface area is 199 Å². The van der Waals surface area contributed by atoms with Gasteiger partial charge < -0.3 is 9.84 Å². The lowest BCUT2D eigenvalue weighted by Crippen LogP contribution is -2.29. The van der Waals surface area contributed by atoms with Gasteiger partial charge in [-0.3, -0.25) is 19.5 Å². The van der Waals surface area contributed by atoms with Gasteiger partial charge >= 0.3 is 0 Å². The minimum atomic E-state index is -0.806. The number of aromatic nitrogens is 1. The van der Waals surface area contributed by atoms with E-state index in [4.69, 9.17) is 4.74 Å². The fraction of sp³-hybridized carbons (Fsp3) is 0.250. The molecule has 1 saturated heterocycles. The van der Waals surface area contributed by atoms with Gasteiger partial charge in [-0.05, 0) is 78.4 Å². The molecule has 34 heavy (non-hydrogen) atoms. The van der Waals surface area contributed by atoms with E-state index in [1.165, 1.54) is 4.90 Å². The highest BCUT2D eigenvalue weighted by Crippen LogP contribution is 2.43. The van der Waals surface area contributed by atoms with E-state index in [-0.39, 0.29) is 17.3 Å². The standard InChI is InChI=1S/C28H28N2O4/c1-16(2)22-14-19(8-9-23(22)34-5)26(31)24-25(20-7-6-10-29-15-20)30(28(33)27(24)32)21-12-17(3)11-18(4)13-21/h6-16,25,31H,1-5H3/b26-24-. The smallest absolute Gasteiger partial charge is 0.300 e. The number of hydrogen-bond donors (Lipinski definition) is 1. The maximum absolute atomic E-state index is 13.3. The summed E-state index contributed by atoms with van der Waals surface area (Å²) in [7, 11) is 1.60. The molecule has 0 saturated carbocycles. The van der Waals surface area contributed by atoms with Gasteiger partial charge in [0.15, 0.2) is 0 Å². The first-order valence-electron chi connectivity index (χ1n) is 11.2. The molecule has 174 valence electrons. The van der Waals surface area contributed by atoms with Crippen molar-refractivity contribution in [3.05, 3.63) is 94.3 Å². The number of ketones is 1. The molecule has 4 rings (SSSR count). The Balaban J connectivity index is 1.95. The lowest BCUT2D eigenvalue weighted by atomic mass is 9.93. The van der Waals surface area contributed by atoms with Crippen LogP contribution < -0.4 is 9.64 Å². The number of pyridine rings is 1. The van der Waals surface area contributed by atoms with E-state index in [0.717, 1.165) is 16.7 Å². The van der Waals surface area contributed by atoms with Gasteiger partial charge in [-0.1, -0.05) is 26.0 Å². The average Bonchev–Trinajstić information content (AvgIpc) is 3.08. The summed E-state index contributed by atoms with van der Waals surface area (Å²) in [4.78, 5) is 32.3. The van der Waals surface area contributed by atoms with Gasteiger partial charge in [0.25, 0.3) is 11.7 Å². The lowest BCUT2D eigenvalue weighted by molar-refractivity contribution is -0.132. The van der Waals surface area contributed by atoms with Crippen LogP contribution in [0, 0.1) is 13.8 Å². The van der Waals surface area contributed by atoms with Gasteiger partial charge in [0.05, 0.1) is 18.7 Å². The quantitative estimate of drug-likeness (QED) is 0.313. The van der Waals surface area contributed by atoms with Gasteiger partial charge in [-0.25, -0.2) is 0 Å². The predicted octanol–water partition coefficient (Wildman–Crippen LogP) is 5.46. The van der Waals surface area contributed by atoms with Gasteiger partial charge in [0, 0.05) is 23.6 Å². The Bertz CT molecular complexity index is 1270. The minimum Gasteiger partial charge on any atom is -0.507 e. The summed E-state index contributed by atoms with van der Waals surface area (Å²) in [6.45, 7) is 7.93. The number of aliphatic hydroxyl groups is 1. The molecular weight excluding hydrogens is 428 g/mol. The summed E-state index contributed by atoms with van der Waals surface area (Å²) in [5.41, 5.74) is 4.57. The number of Topliss-reactive ketones (excluding diaryl/α,β-unsaturated/α-hetero) is 1. The molecule has 6 nitrogen and oxygen atoms in total. The molecule has 0 bridgehead atoms. The Morgan fingerprint density at radius 1 is 1.06 bits per heavy atom. The van der Waals surface area contributed by atoms with Crippen molar-refractivity contribution in [2.45, 2.75) is 39.7 Å². The molecule has 1 aromatic heterocycles. The van der Waals surface area contributed by atoms with Crippen molar-refractivity contribution < 1.29 is 19.4 Å². The largest absolute Gasteiger partial charge is 0.507 e. The molecule has 1 aliphatic rings.